The molecule has 2 heterocycles. The molecule has 1 unspecified atom stereocenters. The largest absolute Gasteiger partial charge is 0.379 e. The van der Waals surface area contributed by atoms with E-state index in [4.69, 9.17) is 9.47 Å². The Morgan fingerprint density at radius 1 is 1.47 bits per heavy atom. The number of rotatable bonds is 5. The van der Waals surface area contributed by atoms with E-state index in [1.165, 1.54) is 15.3 Å². The molecule has 0 bridgehead atoms. The SMILES string of the molecule is Cc1sc(CNC(C)(C)C)cc1COC1CCOC1. The van der Waals surface area contributed by atoms with Crippen molar-refractivity contribution in [3.8, 4) is 0 Å². The van der Waals surface area contributed by atoms with Gasteiger partial charge in [-0.1, -0.05) is 0 Å². The van der Waals surface area contributed by atoms with Crippen molar-refractivity contribution in [3.63, 3.8) is 0 Å². The van der Waals surface area contributed by atoms with E-state index < -0.39 is 0 Å². The Hall–Kier alpha value is -0.420. The van der Waals surface area contributed by atoms with Crippen LogP contribution in [0.4, 0.5) is 0 Å². The van der Waals surface area contributed by atoms with Crippen LogP contribution in [0.25, 0.3) is 0 Å². The van der Waals surface area contributed by atoms with Gasteiger partial charge in [0.15, 0.2) is 0 Å². The van der Waals surface area contributed by atoms with E-state index >= 15 is 0 Å². The predicted molar refractivity (Wildman–Crippen MR) is 79.7 cm³/mol. The molecule has 1 aliphatic heterocycles. The van der Waals surface area contributed by atoms with Crippen molar-refractivity contribution in [1.82, 2.24) is 5.32 Å². The average molecular weight is 283 g/mol. The number of aryl methyl sites for hydroxylation is 1. The van der Waals surface area contributed by atoms with E-state index in [9.17, 15) is 0 Å². The van der Waals surface area contributed by atoms with Gasteiger partial charge < -0.3 is 14.8 Å². The number of thiophene rings is 1. The summed E-state index contributed by atoms with van der Waals surface area (Å²) >= 11 is 1.86. The molecule has 1 aromatic heterocycles. The zero-order valence-electron chi connectivity index (χ0n) is 12.4. The summed E-state index contributed by atoms with van der Waals surface area (Å²) in [6, 6.07) is 2.27. The predicted octanol–water partition coefficient (Wildman–Crippen LogP) is 3.25. The maximum atomic E-state index is 5.89. The Balaban J connectivity index is 1.85. The maximum Gasteiger partial charge on any atom is 0.0835 e. The van der Waals surface area contributed by atoms with Gasteiger partial charge in [-0.05, 0) is 45.7 Å². The lowest BCUT2D eigenvalue weighted by Gasteiger charge is -2.19. The first-order chi connectivity index (χ1) is 8.94. The van der Waals surface area contributed by atoms with Crippen molar-refractivity contribution < 1.29 is 9.47 Å². The van der Waals surface area contributed by atoms with E-state index in [0.29, 0.717) is 6.61 Å². The fourth-order valence-corrected chi connectivity index (χ4v) is 3.01. The first-order valence-corrected chi connectivity index (χ1v) is 7.78. The van der Waals surface area contributed by atoms with Gasteiger partial charge in [-0.3, -0.25) is 0 Å². The highest BCUT2D eigenvalue weighted by Gasteiger charge is 2.17. The molecule has 1 N–H and O–H groups in total. The van der Waals surface area contributed by atoms with Gasteiger partial charge in [-0.2, -0.15) is 0 Å². The summed E-state index contributed by atoms with van der Waals surface area (Å²) in [7, 11) is 0. The average Bonchev–Trinajstić information content (AvgIpc) is 2.92. The van der Waals surface area contributed by atoms with E-state index in [1.807, 2.05) is 11.3 Å². The Morgan fingerprint density at radius 2 is 2.26 bits per heavy atom. The summed E-state index contributed by atoms with van der Waals surface area (Å²) in [5, 5.41) is 3.53. The van der Waals surface area contributed by atoms with Crippen LogP contribution in [0.5, 0.6) is 0 Å². The molecule has 0 aromatic carbocycles. The molecular formula is C15H25NO2S. The standard InChI is InChI=1S/C15H25NO2S/c1-11-12(9-18-13-5-6-17-10-13)7-14(19-11)8-16-15(2,3)4/h7,13,16H,5-6,8-10H2,1-4H3. The molecule has 19 heavy (non-hydrogen) atoms. The van der Waals surface area contributed by atoms with Gasteiger partial charge in [0.1, 0.15) is 0 Å². The molecule has 0 saturated carbocycles. The van der Waals surface area contributed by atoms with Crippen molar-refractivity contribution in [3.05, 3.63) is 21.4 Å². The van der Waals surface area contributed by atoms with E-state index in [-0.39, 0.29) is 11.6 Å². The van der Waals surface area contributed by atoms with Gasteiger partial charge in [-0.15, -0.1) is 11.3 Å². The molecule has 1 fully saturated rings. The minimum Gasteiger partial charge on any atom is -0.379 e. The highest BCUT2D eigenvalue weighted by molar-refractivity contribution is 7.12. The van der Waals surface area contributed by atoms with Gasteiger partial charge in [-0.25, -0.2) is 0 Å². The van der Waals surface area contributed by atoms with Crippen LogP contribution in [0, 0.1) is 6.92 Å². The van der Waals surface area contributed by atoms with Crippen LogP contribution in [-0.4, -0.2) is 24.9 Å². The zero-order chi connectivity index (χ0) is 13.9. The van der Waals surface area contributed by atoms with Gasteiger partial charge in [0.2, 0.25) is 0 Å². The zero-order valence-corrected chi connectivity index (χ0v) is 13.2. The molecule has 0 spiro atoms. The molecule has 0 amide bonds. The van der Waals surface area contributed by atoms with Crippen LogP contribution in [-0.2, 0) is 22.6 Å². The van der Waals surface area contributed by atoms with Crippen molar-refractivity contribution in [2.45, 2.75) is 58.9 Å². The van der Waals surface area contributed by atoms with Crippen LogP contribution >= 0.6 is 11.3 Å². The van der Waals surface area contributed by atoms with Gasteiger partial charge in [0, 0.05) is 28.4 Å². The molecule has 4 heteroatoms. The summed E-state index contributed by atoms with van der Waals surface area (Å²) in [5.41, 5.74) is 1.48. The number of ether oxygens (including phenoxy) is 2. The number of nitrogens with one attached hydrogen (secondary N) is 1. The molecule has 108 valence electrons. The minimum absolute atomic E-state index is 0.162. The topological polar surface area (TPSA) is 30.5 Å². The van der Waals surface area contributed by atoms with Crippen LogP contribution in [0.1, 0.15) is 42.5 Å². The monoisotopic (exact) mass is 283 g/mol. The second-order valence-corrected chi connectivity index (χ2v) is 7.54. The first-order valence-electron chi connectivity index (χ1n) is 6.96. The second kappa shape index (κ2) is 6.35. The lowest BCUT2D eigenvalue weighted by Crippen LogP contribution is -2.34. The lowest BCUT2D eigenvalue weighted by atomic mass is 10.1. The van der Waals surface area contributed by atoms with Crippen molar-refractivity contribution in [1.29, 1.82) is 0 Å². The lowest BCUT2D eigenvalue weighted by molar-refractivity contribution is 0.0317. The third kappa shape index (κ3) is 4.88. The molecule has 0 aliphatic carbocycles. The molecule has 0 radical (unpaired) electrons. The fraction of sp³-hybridized carbons (Fsp3) is 0.733. The smallest absolute Gasteiger partial charge is 0.0835 e. The second-order valence-electron chi connectivity index (χ2n) is 6.19. The van der Waals surface area contributed by atoms with Crippen molar-refractivity contribution in [2.24, 2.45) is 0 Å². The maximum absolute atomic E-state index is 5.89. The normalized spacial score (nSPS) is 20.1. The Morgan fingerprint density at radius 3 is 2.89 bits per heavy atom. The summed E-state index contributed by atoms with van der Waals surface area (Å²) in [6.07, 6.45) is 1.32. The summed E-state index contributed by atoms with van der Waals surface area (Å²) in [6.45, 7) is 12.0. The molecule has 1 atom stereocenters. The molecule has 1 aliphatic rings. The first kappa shape index (κ1) is 15.0. The van der Waals surface area contributed by atoms with E-state index in [0.717, 1.165) is 26.2 Å². The highest BCUT2D eigenvalue weighted by Crippen LogP contribution is 2.24. The van der Waals surface area contributed by atoms with Gasteiger partial charge in [0.25, 0.3) is 0 Å². The Bertz CT molecular complexity index is 403. The summed E-state index contributed by atoms with van der Waals surface area (Å²) in [4.78, 5) is 2.75. The van der Waals surface area contributed by atoms with Crippen LogP contribution in [0.15, 0.2) is 6.07 Å². The Labute approximate surface area is 120 Å². The third-order valence-electron chi connectivity index (χ3n) is 3.23. The molecule has 2 rings (SSSR count). The number of hydrogen-bond donors (Lipinski definition) is 1. The summed E-state index contributed by atoms with van der Waals surface area (Å²) < 4.78 is 11.2. The van der Waals surface area contributed by atoms with E-state index in [1.54, 1.807) is 0 Å². The van der Waals surface area contributed by atoms with E-state index in [2.05, 4.69) is 39.1 Å². The molecular weight excluding hydrogens is 258 g/mol. The molecule has 1 saturated heterocycles. The highest BCUT2D eigenvalue weighted by atomic mass is 32.1. The van der Waals surface area contributed by atoms with Crippen molar-refractivity contribution in [2.75, 3.05) is 13.2 Å². The van der Waals surface area contributed by atoms with Gasteiger partial charge in [0.05, 0.1) is 19.3 Å². The van der Waals surface area contributed by atoms with Crippen LogP contribution < -0.4 is 5.32 Å². The summed E-state index contributed by atoms with van der Waals surface area (Å²) in [5.74, 6) is 0. The number of hydrogen-bond acceptors (Lipinski definition) is 4. The van der Waals surface area contributed by atoms with Crippen LogP contribution in [0.3, 0.4) is 0 Å². The van der Waals surface area contributed by atoms with Crippen LogP contribution in [0.2, 0.25) is 0 Å². The third-order valence-corrected chi connectivity index (χ3v) is 4.32. The van der Waals surface area contributed by atoms with Gasteiger partial charge >= 0.3 is 0 Å². The van der Waals surface area contributed by atoms with Crippen molar-refractivity contribution >= 4 is 11.3 Å². The quantitative estimate of drug-likeness (QED) is 0.900. The molecule has 1 aromatic rings. The molecule has 3 nitrogen and oxygen atoms in total. The minimum atomic E-state index is 0.162. The Kier molecular flexibility index (Phi) is 5.01. The fourth-order valence-electron chi connectivity index (χ4n) is 2.02.